The van der Waals surface area contributed by atoms with Crippen molar-refractivity contribution in [3.63, 3.8) is 0 Å². The molecule has 1 aromatic carbocycles. The lowest BCUT2D eigenvalue weighted by atomic mass is 9.95. The van der Waals surface area contributed by atoms with Crippen LogP contribution in [0.25, 0.3) is 11.5 Å². The highest BCUT2D eigenvalue weighted by atomic mass is 32.1. The summed E-state index contributed by atoms with van der Waals surface area (Å²) in [6.45, 7) is -0.180. The van der Waals surface area contributed by atoms with Gasteiger partial charge in [-0.05, 0) is 55.5 Å². The van der Waals surface area contributed by atoms with Crippen LogP contribution < -0.4 is 15.8 Å². The molecule has 0 spiro atoms. The molecule has 28 heavy (non-hydrogen) atoms. The van der Waals surface area contributed by atoms with Crippen LogP contribution in [0.3, 0.4) is 0 Å². The van der Waals surface area contributed by atoms with Crippen molar-refractivity contribution in [3.05, 3.63) is 46.7 Å². The highest BCUT2D eigenvalue weighted by molar-refractivity contribution is 7.17. The first kappa shape index (κ1) is 18.2. The third-order valence-electron chi connectivity index (χ3n) is 4.50. The number of anilines is 1. The Morgan fingerprint density at radius 2 is 2.00 bits per heavy atom. The molecule has 0 bridgehead atoms. The van der Waals surface area contributed by atoms with Gasteiger partial charge in [0.15, 0.2) is 6.61 Å². The molecular weight excluding hydrogens is 380 g/mol. The highest BCUT2D eigenvalue weighted by Gasteiger charge is 2.25. The number of amides is 2. The molecule has 2 amide bonds. The predicted octanol–water partition coefficient (Wildman–Crippen LogP) is 2.79. The fraction of sp³-hybridized carbons (Fsp3) is 0.263. The molecule has 3 N–H and O–H groups in total. The lowest BCUT2D eigenvalue weighted by molar-refractivity contribution is -0.118. The number of ether oxygens (including phenoxy) is 1. The molecule has 8 nitrogen and oxygen atoms in total. The van der Waals surface area contributed by atoms with Crippen LogP contribution in [0, 0.1) is 0 Å². The fourth-order valence-electron chi connectivity index (χ4n) is 3.22. The average molecular weight is 398 g/mol. The van der Waals surface area contributed by atoms with Crippen molar-refractivity contribution in [3.8, 4) is 17.2 Å². The van der Waals surface area contributed by atoms with E-state index in [1.165, 1.54) is 17.7 Å². The van der Waals surface area contributed by atoms with Crippen LogP contribution in [-0.4, -0.2) is 28.6 Å². The quantitative estimate of drug-likeness (QED) is 0.659. The minimum absolute atomic E-state index is 0.180. The van der Waals surface area contributed by atoms with Crippen LogP contribution in [0.4, 0.5) is 5.00 Å². The van der Waals surface area contributed by atoms with E-state index in [2.05, 4.69) is 15.5 Å². The average Bonchev–Trinajstić information content (AvgIpc) is 3.34. The number of hydrogen-bond acceptors (Lipinski definition) is 7. The topological polar surface area (TPSA) is 120 Å². The Morgan fingerprint density at radius 3 is 2.71 bits per heavy atom. The number of rotatable bonds is 6. The number of carbonyl (C=O) groups excluding carboxylic acids is 2. The van der Waals surface area contributed by atoms with Gasteiger partial charge in [-0.2, -0.15) is 0 Å². The van der Waals surface area contributed by atoms with Crippen molar-refractivity contribution in [1.29, 1.82) is 0 Å². The molecule has 3 aromatic rings. The summed E-state index contributed by atoms with van der Waals surface area (Å²) in [6, 6.07) is 6.95. The first-order valence-electron chi connectivity index (χ1n) is 8.85. The molecule has 4 rings (SSSR count). The number of primary amides is 1. The maximum absolute atomic E-state index is 12.3. The Morgan fingerprint density at radius 1 is 1.21 bits per heavy atom. The number of benzene rings is 1. The maximum Gasteiger partial charge on any atom is 0.262 e. The Hall–Kier alpha value is -3.20. The van der Waals surface area contributed by atoms with Crippen LogP contribution >= 0.6 is 11.3 Å². The largest absolute Gasteiger partial charge is 0.484 e. The van der Waals surface area contributed by atoms with Crippen molar-refractivity contribution in [2.75, 3.05) is 11.9 Å². The van der Waals surface area contributed by atoms with Gasteiger partial charge in [-0.25, -0.2) is 0 Å². The number of nitrogens with zero attached hydrogens (tertiary/aromatic N) is 2. The second-order valence-corrected chi connectivity index (χ2v) is 7.49. The predicted molar refractivity (Wildman–Crippen MR) is 103 cm³/mol. The third kappa shape index (κ3) is 3.74. The van der Waals surface area contributed by atoms with Gasteiger partial charge in [0.1, 0.15) is 10.8 Å². The van der Waals surface area contributed by atoms with E-state index in [1.807, 2.05) is 0 Å². The molecule has 0 atom stereocenters. The molecule has 2 aromatic heterocycles. The van der Waals surface area contributed by atoms with Gasteiger partial charge < -0.3 is 20.2 Å². The van der Waals surface area contributed by atoms with Crippen LogP contribution in [0.15, 0.2) is 35.1 Å². The summed E-state index contributed by atoms with van der Waals surface area (Å²) >= 11 is 1.43. The van der Waals surface area contributed by atoms with Crippen molar-refractivity contribution in [1.82, 2.24) is 10.2 Å². The normalized spacial score (nSPS) is 13.0. The SMILES string of the molecule is NC(=O)c1c(NC(=O)COc2ccc(-c3nnco3)cc2)sc2c1CCCC2. The zero-order valence-corrected chi connectivity index (χ0v) is 15.8. The van der Waals surface area contributed by atoms with Gasteiger partial charge in [0.25, 0.3) is 11.8 Å². The number of thiophene rings is 1. The van der Waals surface area contributed by atoms with Gasteiger partial charge in [-0.3, -0.25) is 9.59 Å². The van der Waals surface area contributed by atoms with E-state index in [4.69, 9.17) is 14.9 Å². The smallest absolute Gasteiger partial charge is 0.262 e. The van der Waals surface area contributed by atoms with Gasteiger partial charge in [0, 0.05) is 10.4 Å². The van der Waals surface area contributed by atoms with Gasteiger partial charge >= 0.3 is 0 Å². The van der Waals surface area contributed by atoms with Crippen LogP contribution in [0.1, 0.15) is 33.6 Å². The first-order valence-corrected chi connectivity index (χ1v) is 9.67. The molecule has 144 valence electrons. The van der Waals surface area contributed by atoms with Crippen molar-refractivity contribution in [2.24, 2.45) is 5.73 Å². The molecule has 0 saturated heterocycles. The number of carbonyl (C=O) groups is 2. The van der Waals surface area contributed by atoms with E-state index in [9.17, 15) is 9.59 Å². The standard InChI is InChI=1S/C19H18N4O4S/c20-17(25)16-13-3-1-2-4-14(13)28-19(16)22-15(24)9-26-12-7-5-11(6-8-12)18-23-21-10-27-18/h5-8,10H,1-4,9H2,(H2,20,25)(H,22,24). The lowest BCUT2D eigenvalue weighted by Crippen LogP contribution is -2.22. The Kier molecular flexibility index (Phi) is 5.07. The number of fused-ring (bicyclic) bond motifs is 1. The summed E-state index contributed by atoms with van der Waals surface area (Å²) in [5.41, 5.74) is 7.72. The number of hydrogen-bond donors (Lipinski definition) is 2. The minimum Gasteiger partial charge on any atom is -0.484 e. The second-order valence-electron chi connectivity index (χ2n) is 6.38. The van der Waals surface area contributed by atoms with Crippen molar-refractivity contribution < 1.29 is 18.7 Å². The summed E-state index contributed by atoms with van der Waals surface area (Å²) in [7, 11) is 0. The van der Waals surface area contributed by atoms with Crippen LogP contribution in [0.5, 0.6) is 5.75 Å². The van der Waals surface area contributed by atoms with Gasteiger partial charge in [0.2, 0.25) is 12.3 Å². The van der Waals surface area contributed by atoms with E-state index in [0.717, 1.165) is 41.7 Å². The number of nitrogens with one attached hydrogen (secondary N) is 1. The summed E-state index contributed by atoms with van der Waals surface area (Å²) in [4.78, 5) is 25.3. The summed E-state index contributed by atoms with van der Waals surface area (Å²) in [5.74, 6) is 0.0817. The van der Waals surface area contributed by atoms with Crippen LogP contribution in [0.2, 0.25) is 0 Å². The minimum atomic E-state index is -0.507. The molecule has 1 aliphatic carbocycles. The Labute approximate surface area is 164 Å². The molecule has 0 radical (unpaired) electrons. The van der Waals surface area contributed by atoms with E-state index >= 15 is 0 Å². The molecule has 2 heterocycles. The summed E-state index contributed by atoms with van der Waals surface area (Å²) in [5, 5.41) is 10.7. The first-order chi connectivity index (χ1) is 13.6. The zero-order valence-electron chi connectivity index (χ0n) is 14.9. The highest BCUT2D eigenvalue weighted by Crippen LogP contribution is 2.37. The Balaban J connectivity index is 1.40. The lowest BCUT2D eigenvalue weighted by Gasteiger charge is -2.11. The van der Waals surface area contributed by atoms with E-state index < -0.39 is 5.91 Å². The fourth-order valence-corrected chi connectivity index (χ4v) is 4.53. The molecule has 0 fully saturated rings. The maximum atomic E-state index is 12.3. The molecule has 1 aliphatic rings. The molecule has 0 aliphatic heterocycles. The third-order valence-corrected chi connectivity index (χ3v) is 5.71. The van der Waals surface area contributed by atoms with Crippen molar-refractivity contribution in [2.45, 2.75) is 25.7 Å². The second kappa shape index (κ2) is 7.81. The van der Waals surface area contributed by atoms with Gasteiger partial charge in [-0.15, -0.1) is 21.5 Å². The molecule has 0 unspecified atom stereocenters. The van der Waals surface area contributed by atoms with Crippen molar-refractivity contribution >= 4 is 28.2 Å². The molecule has 0 saturated carbocycles. The molecule has 9 heteroatoms. The number of aromatic nitrogens is 2. The number of nitrogens with two attached hydrogens (primary N) is 1. The molecular formula is C19H18N4O4S. The van der Waals surface area contributed by atoms with Crippen LogP contribution in [-0.2, 0) is 17.6 Å². The van der Waals surface area contributed by atoms with E-state index in [1.54, 1.807) is 24.3 Å². The summed E-state index contributed by atoms with van der Waals surface area (Å²) < 4.78 is 10.6. The van der Waals surface area contributed by atoms with E-state index in [0.29, 0.717) is 22.2 Å². The number of aryl methyl sites for hydroxylation is 1. The Bertz CT molecular complexity index is 996. The van der Waals surface area contributed by atoms with E-state index in [-0.39, 0.29) is 12.5 Å². The van der Waals surface area contributed by atoms with Gasteiger partial charge in [-0.1, -0.05) is 0 Å². The zero-order chi connectivity index (χ0) is 19.5. The summed E-state index contributed by atoms with van der Waals surface area (Å²) in [6.07, 6.45) is 5.11. The monoisotopic (exact) mass is 398 g/mol. The van der Waals surface area contributed by atoms with Gasteiger partial charge in [0.05, 0.1) is 5.56 Å².